The summed E-state index contributed by atoms with van der Waals surface area (Å²) in [6.07, 6.45) is 0.961. The molecule has 6 heteroatoms. The van der Waals surface area contributed by atoms with Crippen LogP contribution in [0, 0.1) is 19.8 Å². The Morgan fingerprint density at radius 2 is 2.04 bits per heavy atom. The van der Waals surface area contributed by atoms with Crippen molar-refractivity contribution in [3.05, 3.63) is 28.8 Å². The van der Waals surface area contributed by atoms with Crippen LogP contribution in [0.4, 0.5) is 8.78 Å². The van der Waals surface area contributed by atoms with Crippen molar-refractivity contribution in [3.8, 4) is 5.75 Å². The summed E-state index contributed by atoms with van der Waals surface area (Å²) in [5, 5.41) is 0. The Kier molecular flexibility index (Phi) is 5.93. The normalized spacial score (nSPS) is 17.6. The van der Waals surface area contributed by atoms with Crippen LogP contribution in [0.25, 0.3) is 0 Å². The molecule has 0 saturated carbocycles. The summed E-state index contributed by atoms with van der Waals surface area (Å²) in [4.78, 5) is 14.5. The van der Waals surface area contributed by atoms with E-state index < -0.39 is 6.61 Å². The van der Waals surface area contributed by atoms with Gasteiger partial charge in [-0.25, -0.2) is 0 Å². The van der Waals surface area contributed by atoms with E-state index in [1.165, 1.54) is 0 Å². The number of amides is 1. The maximum absolute atomic E-state index is 12.7. The third-order valence-corrected chi connectivity index (χ3v) is 4.09. The van der Waals surface area contributed by atoms with E-state index in [1.807, 2.05) is 6.92 Å². The minimum Gasteiger partial charge on any atom is -0.434 e. The number of benzene rings is 1. The maximum Gasteiger partial charge on any atom is 0.387 e. The second-order valence-electron chi connectivity index (χ2n) is 5.89. The van der Waals surface area contributed by atoms with Crippen LogP contribution >= 0.6 is 0 Å². The predicted octanol–water partition coefficient (Wildman–Crippen LogP) is 3.40. The Morgan fingerprint density at radius 1 is 1.39 bits per heavy atom. The van der Waals surface area contributed by atoms with Gasteiger partial charge >= 0.3 is 6.61 Å². The van der Waals surface area contributed by atoms with E-state index in [0.29, 0.717) is 42.3 Å². The van der Waals surface area contributed by atoms with Gasteiger partial charge in [-0.15, -0.1) is 0 Å². The summed E-state index contributed by atoms with van der Waals surface area (Å²) in [5.41, 5.74) is 1.57. The first-order valence-corrected chi connectivity index (χ1v) is 7.85. The first kappa shape index (κ1) is 17.7. The fourth-order valence-electron chi connectivity index (χ4n) is 2.93. The smallest absolute Gasteiger partial charge is 0.387 e. The van der Waals surface area contributed by atoms with Crippen molar-refractivity contribution in [1.82, 2.24) is 4.90 Å². The average Bonchev–Trinajstić information content (AvgIpc) is 3.00. The zero-order chi connectivity index (χ0) is 17.0. The first-order chi connectivity index (χ1) is 10.9. The molecule has 23 heavy (non-hydrogen) atoms. The number of nitrogens with zero attached hydrogens (tertiary/aromatic N) is 1. The molecular weight excluding hydrogens is 304 g/mol. The molecule has 1 saturated heterocycles. The zero-order valence-electron chi connectivity index (χ0n) is 13.8. The van der Waals surface area contributed by atoms with Gasteiger partial charge in [0.05, 0.1) is 6.61 Å². The van der Waals surface area contributed by atoms with Crippen LogP contribution in [-0.4, -0.2) is 43.7 Å². The van der Waals surface area contributed by atoms with Gasteiger partial charge in [-0.2, -0.15) is 8.78 Å². The van der Waals surface area contributed by atoms with Crippen LogP contribution in [0.3, 0.4) is 0 Å². The van der Waals surface area contributed by atoms with E-state index in [4.69, 9.17) is 4.74 Å². The molecule has 1 atom stereocenters. The third-order valence-electron chi connectivity index (χ3n) is 4.09. The Hall–Kier alpha value is -1.69. The van der Waals surface area contributed by atoms with Crippen molar-refractivity contribution in [2.24, 2.45) is 5.92 Å². The molecule has 2 rings (SSSR count). The highest BCUT2D eigenvalue weighted by Gasteiger charge is 2.23. The van der Waals surface area contributed by atoms with Crippen molar-refractivity contribution in [3.63, 3.8) is 0 Å². The van der Waals surface area contributed by atoms with Crippen molar-refractivity contribution < 1.29 is 23.0 Å². The summed E-state index contributed by atoms with van der Waals surface area (Å²) < 4.78 is 34.8. The monoisotopic (exact) mass is 327 g/mol. The van der Waals surface area contributed by atoms with E-state index in [0.717, 1.165) is 13.0 Å². The largest absolute Gasteiger partial charge is 0.434 e. The Bertz CT molecular complexity index is 534. The second kappa shape index (κ2) is 7.73. The summed E-state index contributed by atoms with van der Waals surface area (Å²) in [6.45, 7) is 5.08. The van der Waals surface area contributed by atoms with Crippen LogP contribution in [0.1, 0.15) is 34.8 Å². The first-order valence-electron chi connectivity index (χ1n) is 7.85. The Labute approximate surface area is 135 Å². The molecular formula is C17H23F2NO3. The zero-order valence-corrected chi connectivity index (χ0v) is 13.8. The van der Waals surface area contributed by atoms with Crippen molar-refractivity contribution >= 4 is 5.91 Å². The fourth-order valence-corrected chi connectivity index (χ4v) is 2.93. The molecule has 0 unspecified atom stereocenters. The molecule has 1 heterocycles. The molecule has 0 radical (unpaired) electrons. The van der Waals surface area contributed by atoms with Crippen LogP contribution in [0.15, 0.2) is 12.1 Å². The van der Waals surface area contributed by atoms with Gasteiger partial charge < -0.3 is 14.4 Å². The standard InChI is InChI=1S/C17H23F2NO3/c1-4-20(9-13-5-6-22-10-13)16(21)14-7-11(2)15(12(3)8-14)23-17(18)19/h7-8,13,17H,4-6,9-10H2,1-3H3/t13-/m1/s1. The number of hydrogen-bond acceptors (Lipinski definition) is 3. The highest BCUT2D eigenvalue weighted by Crippen LogP contribution is 2.27. The van der Waals surface area contributed by atoms with E-state index in [2.05, 4.69) is 4.74 Å². The number of alkyl halides is 2. The van der Waals surface area contributed by atoms with E-state index >= 15 is 0 Å². The van der Waals surface area contributed by atoms with Crippen LogP contribution in [0.2, 0.25) is 0 Å². The maximum atomic E-state index is 12.7. The molecule has 128 valence electrons. The molecule has 4 nitrogen and oxygen atoms in total. The topological polar surface area (TPSA) is 38.8 Å². The van der Waals surface area contributed by atoms with E-state index in [-0.39, 0.29) is 11.7 Å². The summed E-state index contributed by atoms with van der Waals surface area (Å²) >= 11 is 0. The summed E-state index contributed by atoms with van der Waals surface area (Å²) in [5.74, 6) is 0.417. The lowest BCUT2D eigenvalue weighted by atomic mass is 10.0. The summed E-state index contributed by atoms with van der Waals surface area (Å²) in [7, 11) is 0. The van der Waals surface area contributed by atoms with Crippen molar-refractivity contribution in [1.29, 1.82) is 0 Å². The van der Waals surface area contributed by atoms with Gasteiger partial charge in [0.1, 0.15) is 5.75 Å². The number of aryl methyl sites for hydroxylation is 2. The molecule has 1 aliphatic rings. The molecule has 1 amide bonds. The number of carbonyl (C=O) groups excluding carboxylic acids is 1. The molecule has 0 spiro atoms. The molecule has 0 bridgehead atoms. The Morgan fingerprint density at radius 3 is 2.52 bits per heavy atom. The third kappa shape index (κ3) is 4.41. The van der Waals surface area contributed by atoms with Gasteiger partial charge in [-0.05, 0) is 50.5 Å². The lowest BCUT2D eigenvalue weighted by molar-refractivity contribution is -0.0507. The van der Waals surface area contributed by atoms with Crippen molar-refractivity contribution in [2.75, 3.05) is 26.3 Å². The number of halogens is 2. The van der Waals surface area contributed by atoms with Gasteiger partial charge in [-0.3, -0.25) is 4.79 Å². The van der Waals surface area contributed by atoms with Gasteiger partial charge in [0, 0.05) is 31.2 Å². The highest BCUT2D eigenvalue weighted by atomic mass is 19.3. The SMILES string of the molecule is CCN(C[C@H]1CCOC1)C(=O)c1cc(C)c(OC(F)F)c(C)c1. The number of hydrogen-bond donors (Lipinski definition) is 0. The van der Waals surface area contributed by atoms with Gasteiger partial charge in [-0.1, -0.05) is 0 Å². The lowest BCUT2D eigenvalue weighted by Crippen LogP contribution is -2.35. The Balaban J connectivity index is 2.17. The molecule has 0 N–H and O–H groups in total. The van der Waals surface area contributed by atoms with Crippen LogP contribution in [-0.2, 0) is 4.74 Å². The van der Waals surface area contributed by atoms with E-state index in [9.17, 15) is 13.6 Å². The number of carbonyl (C=O) groups is 1. The molecule has 0 aliphatic carbocycles. The molecule has 1 aromatic carbocycles. The predicted molar refractivity (Wildman–Crippen MR) is 83.1 cm³/mol. The van der Waals surface area contributed by atoms with Crippen LogP contribution < -0.4 is 4.74 Å². The fraction of sp³-hybridized carbons (Fsp3) is 0.588. The quantitative estimate of drug-likeness (QED) is 0.804. The average molecular weight is 327 g/mol. The number of rotatable bonds is 6. The molecule has 1 aromatic rings. The molecule has 1 aliphatic heterocycles. The molecule has 1 fully saturated rings. The second-order valence-corrected chi connectivity index (χ2v) is 5.89. The van der Waals surface area contributed by atoms with Gasteiger partial charge in [0.15, 0.2) is 0 Å². The van der Waals surface area contributed by atoms with E-state index in [1.54, 1.807) is 30.9 Å². The van der Waals surface area contributed by atoms with Gasteiger partial charge in [0.2, 0.25) is 0 Å². The summed E-state index contributed by atoms with van der Waals surface area (Å²) in [6, 6.07) is 3.22. The van der Waals surface area contributed by atoms with Crippen molar-refractivity contribution in [2.45, 2.75) is 33.8 Å². The minimum absolute atomic E-state index is 0.0887. The number of ether oxygens (including phenoxy) is 2. The lowest BCUT2D eigenvalue weighted by Gasteiger charge is -2.24. The minimum atomic E-state index is -2.87. The highest BCUT2D eigenvalue weighted by molar-refractivity contribution is 5.95. The molecule has 0 aromatic heterocycles. The van der Waals surface area contributed by atoms with Crippen LogP contribution in [0.5, 0.6) is 5.75 Å². The van der Waals surface area contributed by atoms with Gasteiger partial charge in [0.25, 0.3) is 5.91 Å².